The Morgan fingerprint density at radius 3 is 2.80 bits per heavy atom. The molecule has 80 valence electrons. The van der Waals surface area contributed by atoms with Crippen molar-refractivity contribution in [3.05, 3.63) is 34.3 Å². The fourth-order valence-electron chi connectivity index (χ4n) is 1.23. The van der Waals surface area contributed by atoms with Crippen LogP contribution in [0.25, 0.3) is 0 Å². The molecule has 0 amide bonds. The van der Waals surface area contributed by atoms with Gasteiger partial charge in [0.25, 0.3) is 0 Å². The Kier molecular flexibility index (Phi) is 4.68. The molecule has 0 aliphatic carbocycles. The predicted octanol–water partition coefficient (Wildman–Crippen LogP) is 3.13. The normalized spacial score (nSPS) is 11.7. The Hall–Kier alpha value is -0.970. The maximum Gasteiger partial charge on any atom is 0.0668 e. The monoisotopic (exact) mass is 221 g/mol. The Balaban J connectivity index is 2.76. The van der Waals surface area contributed by atoms with Gasteiger partial charge in [0.2, 0.25) is 0 Å². The third-order valence-electron chi connectivity index (χ3n) is 2.17. The van der Waals surface area contributed by atoms with Gasteiger partial charge in [0.05, 0.1) is 6.04 Å². The van der Waals surface area contributed by atoms with Crippen LogP contribution in [0.3, 0.4) is 0 Å². The second-order valence-electron chi connectivity index (χ2n) is 3.63. The lowest BCUT2D eigenvalue weighted by molar-refractivity contribution is 0.720. The van der Waals surface area contributed by atoms with E-state index < -0.39 is 0 Å². The predicted molar refractivity (Wildman–Crippen MR) is 66.0 cm³/mol. The summed E-state index contributed by atoms with van der Waals surface area (Å²) >= 11 is 5.99. The van der Waals surface area contributed by atoms with Gasteiger partial charge in [-0.05, 0) is 31.0 Å². The summed E-state index contributed by atoms with van der Waals surface area (Å²) in [4.78, 5) is 0. The van der Waals surface area contributed by atoms with Crippen molar-refractivity contribution >= 4 is 11.6 Å². The van der Waals surface area contributed by atoms with Crippen molar-refractivity contribution in [2.24, 2.45) is 5.73 Å². The molecule has 0 bridgehead atoms. The van der Waals surface area contributed by atoms with Crippen LogP contribution >= 0.6 is 11.6 Å². The van der Waals surface area contributed by atoms with Gasteiger partial charge in [-0.2, -0.15) is 0 Å². The largest absolute Gasteiger partial charge is 0.318 e. The van der Waals surface area contributed by atoms with Crippen molar-refractivity contribution in [3.63, 3.8) is 0 Å². The molecule has 1 rings (SSSR count). The standard InChI is InChI=1S/C13H16ClN/c1-3-4-12(15)8-7-11-6-5-10(2)13(14)9-11/h5-6,9,12H,3-4,15H2,1-2H3. The van der Waals surface area contributed by atoms with Gasteiger partial charge in [-0.1, -0.05) is 42.9 Å². The smallest absolute Gasteiger partial charge is 0.0668 e. The molecule has 15 heavy (non-hydrogen) atoms. The molecule has 1 nitrogen and oxygen atoms in total. The molecule has 0 radical (unpaired) electrons. The van der Waals surface area contributed by atoms with E-state index in [1.165, 1.54) is 0 Å². The van der Waals surface area contributed by atoms with Gasteiger partial charge in [0.1, 0.15) is 0 Å². The molecule has 0 heterocycles. The first-order valence-electron chi connectivity index (χ1n) is 5.16. The summed E-state index contributed by atoms with van der Waals surface area (Å²) in [6.45, 7) is 4.08. The van der Waals surface area contributed by atoms with Crippen molar-refractivity contribution < 1.29 is 0 Å². The molecule has 2 N–H and O–H groups in total. The van der Waals surface area contributed by atoms with Gasteiger partial charge < -0.3 is 5.73 Å². The van der Waals surface area contributed by atoms with E-state index in [1.54, 1.807) is 0 Å². The maximum atomic E-state index is 5.99. The quantitative estimate of drug-likeness (QED) is 0.763. The molecule has 1 unspecified atom stereocenters. The molecular formula is C13H16ClN. The fraction of sp³-hybridized carbons (Fsp3) is 0.385. The molecule has 0 fully saturated rings. The maximum absolute atomic E-state index is 5.99. The minimum absolute atomic E-state index is 0.0323. The van der Waals surface area contributed by atoms with Crippen LogP contribution in [0.2, 0.25) is 5.02 Å². The summed E-state index contributed by atoms with van der Waals surface area (Å²) in [5.74, 6) is 6.05. The Morgan fingerprint density at radius 2 is 2.20 bits per heavy atom. The SMILES string of the molecule is CCCC(N)C#Cc1ccc(C)c(Cl)c1. The number of aryl methyl sites for hydroxylation is 1. The van der Waals surface area contributed by atoms with Gasteiger partial charge in [0, 0.05) is 10.6 Å². The summed E-state index contributed by atoms with van der Waals surface area (Å²) in [7, 11) is 0. The van der Waals surface area contributed by atoms with Crippen LogP contribution in [0.15, 0.2) is 18.2 Å². The average molecular weight is 222 g/mol. The molecule has 1 aromatic carbocycles. The molecule has 1 atom stereocenters. The lowest BCUT2D eigenvalue weighted by atomic mass is 10.1. The number of hydrogen-bond donors (Lipinski definition) is 1. The summed E-state index contributed by atoms with van der Waals surface area (Å²) in [6, 6.07) is 5.78. The minimum atomic E-state index is -0.0323. The van der Waals surface area contributed by atoms with Crippen molar-refractivity contribution in [1.82, 2.24) is 0 Å². The molecule has 1 aromatic rings. The third kappa shape index (κ3) is 3.95. The summed E-state index contributed by atoms with van der Waals surface area (Å²) in [5.41, 5.74) is 7.79. The van der Waals surface area contributed by atoms with E-state index in [0.717, 1.165) is 29.0 Å². The van der Waals surface area contributed by atoms with Crippen molar-refractivity contribution in [2.45, 2.75) is 32.7 Å². The summed E-state index contributed by atoms with van der Waals surface area (Å²) < 4.78 is 0. The van der Waals surface area contributed by atoms with E-state index in [0.29, 0.717) is 0 Å². The highest BCUT2D eigenvalue weighted by atomic mass is 35.5. The van der Waals surface area contributed by atoms with E-state index in [9.17, 15) is 0 Å². The molecule has 0 aliphatic rings. The average Bonchev–Trinajstić information content (AvgIpc) is 2.20. The van der Waals surface area contributed by atoms with Gasteiger partial charge in [0.15, 0.2) is 0 Å². The van der Waals surface area contributed by atoms with Gasteiger partial charge in [-0.3, -0.25) is 0 Å². The zero-order valence-corrected chi connectivity index (χ0v) is 9.93. The summed E-state index contributed by atoms with van der Waals surface area (Å²) in [6.07, 6.45) is 2.00. The molecule has 0 aromatic heterocycles. The minimum Gasteiger partial charge on any atom is -0.318 e. The van der Waals surface area contributed by atoms with Crippen LogP contribution in [-0.2, 0) is 0 Å². The van der Waals surface area contributed by atoms with Crippen molar-refractivity contribution in [3.8, 4) is 11.8 Å². The van der Waals surface area contributed by atoms with Crippen LogP contribution in [0, 0.1) is 18.8 Å². The van der Waals surface area contributed by atoms with E-state index >= 15 is 0 Å². The van der Waals surface area contributed by atoms with Crippen LogP contribution < -0.4 is 5.73 Å². The van der Waals surface area contributed by atoms with Crippen molar-refractivity contribution in [2.75, 3.05) is 0 Å². The second kappa shape index (κ2) is 5.80. The molecule has 0 saturated heterocycles. The zero-order valence-electron chi connectivity index (χ0n) is 9.18. The van der Waals surface area contributed by atoms with Crippen LogP contribution in [0.1, 0.15) is 30.9 Å². The third-order valence-corrected chi connectivity index (χ3v) is 2.58. The zero-order chi connectivity index (χ0) is 11.3. The summed E-state index contributed by atoms with van der Waals surface area (Å²) in [5, 5.41) is 0.755. The Labute approximate surface area is 96.6 Å². The van der Waals surface area contributed by atoms with E-state index in [2.05, 4.69) is 18.8 Å². The highest BCUT2D eigenvalue weighted by Crippen LogP contribution is 2.15. The first-order valence-corrected chi connectivity index (χ1v) is 5.54. The van der Waals surface area contributed by atoms with Gasteiger partial charge in [-0.25, -0.2) is 0 Å². The van der Waals surface area contributed by atoms with Gasteiger partial charge >= 0.3 is 0 Å². The molecule has 0 saturated carbocycles. The van der Waals surface area contributed by atoms with E-state index in [-0.39, 0.29) is 6.04 Å². The highest BCUT2D eigenvalue weighted by molar-refractivity contribution is 6.31. The van der Waals surface area contributed by atoms with Crippen molar-refractivity contribution in [1.29, 1.82) is 0 Å². The lowest BCUT2D eigenvalue weighted by Crippen LogP contribution is -2.16. The Morgan fingerprint density at radius 1 is 1.47 bits per heavy atom. The number of benzene rings is 1. The van der Waals surface area contributed by atoms with Gasteiger partial charge in [-0.15, -0.1) is 0 Å². The molecule has 0 spiro atoms. The van der Waals surface area contributed by atoms with Crippen LogP contribution in [0.5, 0.6) is 0 Å². The first-order chi connectivity index (χ1) is 7.13. The topological polar surface area (TPSA) is 26.0 Å². The van der Waals surface area contributed by atoms with E-state index in [4.69, 9.17) is 17.3 Å². The highest BCUT2D eigenvalue weighted by Gasteiger charge is 1.96. The molecule has 2 heteroatoms. The van der Waals surface area contributed by atoms with Crippen LogP contribution in [0.4, 0.5) is 0 Å². The van der Waals surface area contributed by atoms with Crippen LogP contribution in [-0.4, -0.2) is 6.04 Å². The number of nitrogens with two attached hydrogens (primary N) is 1. The number of hydrogen-bond acceptors (Lipinski definition) is 1. The second-order valence-corrected chi connectivity index (χ2v) is 4.04. The molecule has 0 aliphatic heterocycles. The van der Waals surface area contributed by atoms with E-state index in [1.807, 2.05) is 25.1 Å². The lowest BCUT2D eigenvalue weighted by Gasteiger charge is -2.00. The molecular weight excluding hydrogens is 206 g/mol. The Bertz CT molecular complexity index is 387. The number of rotatable bonds is 2. The fourth-order valence-corrected chi connectivity index (χ4v) is 1.41. The number of halogens is 1. The first kappa shape index (κ1) is 12.1.